The lowest BCUT2D eigenvalue weighted by atomic mass is 10.1. The van der Waals surface area contributed by atoms with Gasteiger partial charge in [-0.3, -0.25) is 4.79 Å². The van der Waals surface area contributed by atoms with Crippen molar-refractivity contribution in [2.45, 2.75) is 13.2 Å². The molecule has 138 valence electrons. The minimum Gasteiger partial charge on any atom is -0.493 e. The summed E-state index contributed by atoms with van der Waals surface area (Å²) in [4.78, 5) is 12.0. The maximum atomic E-state index is 12.4. The maximum absolute atomic E-state index is 12.4. The highest BCUT2D eigenvalue weighted by atomic mass is 19.3. The fraction of sp³-hybridized carbons (Fsp3) is 0.211. The molecule has 2 rings (SSSR count). The number of carbonyl (C=O) groups excluding carboxylic acids is 1. The zero-order valence-electron chi connectivity index (χ0n) is 14.4. The van der Waals surface area contributed by atoms with Crippen LogP contribution in [0.15, 0.2) is 48.5 Å². The van der Waals surface area contributed by atoms with Crippen molar-refractivity contribution in [3.8, 4) is 17.2 Å². The van der Waals surface area contributed by atoms with Gasteiger partial charge in [0.05, 0.1) is 14.2 Å². The van der Waals surface area contributed by atoms with Gasteiger partial charge in [-0.2, -0.15) is 8.78 Å². The number of amides is 1. The Hall–Kier alpha value is -3.09. The summed E-state index contributed by atoms with van der Waals surface area (Å²) in [5, 5.41) is 2.71. The summed E-state index contributed by atoms with van der Waals surface area (Å²) >= 11 is 0. The van der Waals surface area contributed by atoms with E-state index in [-0.39, 0.29) is 18.2 Å². The summed E-state index contributed by atoms with van der Waals surface area (Å²) in [5.74, 6) is 0.713. The number of nitrogens with one attached hydrogen (secondary N) is 1. The SMILES string of the molecule is COc1cccc(CNC(=O)/C=C/c2ccccc2OC(F)F)c1OC. The Morgan fingerprint density at radius 3 is 2.50 bits per heavy atom. The second-order valence-electron chi connectivity index (χ2n) is 5.12. The van der Waals surface area contributed by atoms with E-state index in [2.05, 4.69) is 10.1 Å². The monoisotopic (exact) mass is 363 g/mol. The van der Waals surface area contributed by atoms with E-state index >= 15 is 0 Å². The van der Waals surface area contributed by atoms with E-state index in [4.69, 9.17) is 9.47 Å². The second kappa shape index (κ2) is 9.41. The van der Waals surface area contributed by atoms with Crippen molar-refractivity contribution in [1.82, 2.24) is 5.32 Å². The van der Waals surface area contributed by atoms with Gasteiger partial charge >= 0.3 is 6.61 Å². The van der Waals surface area contributed by atoms with Crippen molar-refractivity contribution in [2.24, 2.45) is 0 Å². The van der Waals surface area contributed by atoms with E-state index in [1.165, 1.54) is 32.4 Å². The average Bonchev–Trinajstić information content (AvgIpc) is 2.64. The van der Waals surface area contributed by atoms with Crippen LogP contribution in [-0.4, -0.2) is 26.7 Å². The Bertz CT molecular complexity index is 778. The van der Waals surface area contributed by atoms with E-state index in [0.29, 0.717) is 17.1 Å². The topological polar surface area (TPSA) is 56.8 Å². The molecule has 5 nitrogen and oxygen atoms in total. The molecule has 0 aliphatic heterocycles. The number of ether oxygens (including phenoxy) is 3. The lowest BCUT2D eigenvalue weighted by Gasteiger charge is -2.12. The molecule has 0 radical (unpaired) electrons. The number of alkyl halides is 2. The summed E-state index contributed by atoms with van der Waals surface area (Å²) < 4.78 is 39.7. The van der Waals surface area contributed by atoms with Gasteiger partial charge in [-0.1, -0.05) is 30.3 Å². The number of para-hydroxylation sites is 2. The molecule has 1 N–H and O–H groups in total. The molecule has 1 amide bonds. The molecule has 0 unspecified atom stereocenters. The van der Waals surface area contributed by atoms with Gasteiger partial charge in [0.15, 0.2) is 11.5 Å². The number of benzene rings is 2. The van der Waals surface area contributed by atoms with Crippen LogP contribution in [0.25, 0.3) is 6.08 Å². The van der Waals surface area contributed by atoms with Crippen LogP contribution >= 0.6 is 0 Å². The summed E-state index contributed by atoms with van der Waals surface area (Å²) in [7, 11) is 3.05. The summed E-state index contributed by atoms with van der Waals surface area (Å²) in [6.45, 7) is -2.71. The Balaban J connectivity index is 2.03. The van der Waals surface area contributed by atoms with Gasteiger partial charge in [-0.25, -0.2) is 0 Å². The summed E-state index contributed by atoms with van der Waals surface area (Å²) in [5.41, 5.74) is 1.12. The zero-order chi connectivity index (χ0) is 18.9. The van der Waals surface area contributed by atoms with Crippen molar-refractivity contribution < 1.29 is 27.8 Å². The van der Waals surface area contributed by atoms with Crippen LogP contribution in [0.3, 0.4) is 0 Å². The molecule has 2 aromatic carbocycles. The van der Waals surface area contributed by atoms with Crippen LogP contribution < -0.4 is 19.5 Å². The van der Waals surface area contributed by atoms with Gasteiger partial charge in [-0.05, 0) is 18.2 Å². The molecule has 0 fully saturated rings. The first kappa shape index (κ1) is 19.2. The molecule has 0 aliphatic carbocycles. The lowest BCUT2D eigenvalue weighted by Crippen LogP contribution is -2.20. The largest absolute Gasteiger partial charge is 0.493 e. The van der Waals surface area contributed by atoms with Crippen LogP contribution in [-0.2, 0) is 11.3 Å². The number of halogens is 2. The number of methoxy groups -OCH3 is 2. The minimum atomic E-state index is -2.93. The van der Waals surface area contributed by atoms with Crippen molar-refractivity contribution in [2.75, 3.05) is 14.2 Å². The fourth-order valence-corrected chi connectivity index (χ4v) is 2.32. The Labute approximate surface area is 150 Å². The molecule has 0 spiro atoms. The normalized spacial score (nSPS) is 10.8. The third-order valence-corrected chi connectivity index (χ3v) is 3.49. The Kier molecular flexibility index (Phi) is 6.96. The lowest BCUT2D eigenvalue weighted by molar-refractivity contribution is -0.116. The van der Waals surface area contributed by atoms with Gasteiger partial charge in [-0.15, -0.1) is 0 Å². The minimum absolute atomic E-state index is 0.000940. The maximum Gasteiger partial charge on any atom is 0.387 e. The predicted molar refractivity (Wildman–Crippen MR) is 93.5 cm³/mol. The predicted octanol–water partition coefficient (Wildman–Crippen LogP) is 3.63. The smallest absolute Gasteiger partial charge is 0.387 e. The highest BCUT2D eigenvalue weighted by Gasteiger charge is 2.10. The summed E-state index contributed by atoms with van der Waals surface area (Å²) in [6.07, 6.45) is 2.66. The van der Waals surface area contributed by atoms with Crippen LogP contribution in [0.5, 0.6) is 17.2 Å². The van der Waals surface area contributed by atoms with E-state index in [9.17, 15) is 13.6 Å². The quantitative estimate of drug-likeness (QED) is 0.728. The van der Waals surface area contributed by atoms with Gasteiger partial charge in [0.25, 0.3) is 0 Å². The van der Waals surface area contributed by atoms with Crippen LogP contribution in [0.4, 0.5) is 8.78 Å². The molecule has 0 bridgehead atoms. The summed E-state index contributed by atoms with van der Waals surface area (Å²) in [6, 6.07) is 11.6. The molecule has 2 aromatic rings. The molecular formula is C19H19F2NO4. The first-order valence-electron chi connectivity index (χ1n) is 7.74. The van der Waals surface area contributed by atoms with Crippen molar-refractivity contribution in [1.29, 1.82) is 0 Å². The molecule has 0 aliphatic rings. The number of carbonyl (C=O) groups is 1. The Morgan fingerprint density at radius 2 is 1.81 bits per heavy atom. The van der Waals surface area contributed by atoms with Crippen molar-refractivity contribution in [3.63, 3.8) is 0 Å². The molecule has 0 saturated heterocycles. The van der Waals surface area contributed by atoms with Crippen LogP contribution in [0.2, 0.25) is 0 Å². The molecule has 0 aromatic heterocycles. The van der Waals surface area contributed by atoms with Crippen LogP contribution in [0, 0.1) is 0 Å². The number of hydrogen-bond donors (Lipinski definition) is 1. The van der Waals surface area contributed by atoms with E-state index < -0.39 is 6.61 Å². The third-order valence-electron chi connectivity index (χ3n) is 3.49. The van der Waals surface area contributed by atoms with Crippen molar-refractivity contribution >= 4 is 12.0 Å². The highest BCUT2D eigenvalue weighted by molar-refractivity contribution is 5.92. The molecular weight excluding hydrogens is 344 g/mol. The molecule has 0 atom stereocenters. The van der Waals surface area contributed by atoms with Crippen molar-refractivity contribution in [3.05, 3.63) is 59.7 Å². The van der Waals surface area contributed by atoms with E-state index in [0.717, 1.165) is 5.56 Å². The molecule has 0 saturated carbocycles. The average molecular weight is 363 g/mol. The number of hydrogen-bond acceptors (Lipinski definition) is 4. The van der Waals surface area contributed by atoms with Gasteiger partial charge in [0.1, 0.15) is 5.75 Å². The third kappa shape index (κ3) is 5.20. The zero-order valence-corrected chi connectivity index (χ0v) is 14.4. The standard InChI is InChI=1S/C19H19F2NO4/c1-24-16-9-5-7-14(18(16)25-2)12-22-17(23)11-10-13-6-3-4-8-15(13)26-19(20)21/h3-11,19H,12H2,1-2H3,(H,22,23)/b11-10+. The first-order chi connectivity index (χ1) is 12.5. The molecule has 26 heavy (non-hydrogen) atoms. The molecule has 7 heteroatoms. The van der Waals surface area contributed by atoms with Crippen LogP contribution in [0.1, 0.15) is 11.1 Å². The Morgan fingerprint density at radius 1 is 1.08 bits per heavy atom. The second-order valence-corrected chi connectivity index (χ2v) is 5.12. The molecule has 0 heterocycles. The highest BCUT2D eigenvalue weighted by Crippen LogP contribution is 2.30. The van der Waals surface area contributed by atoms with E-state index in [1.54, 1.807) is 36.4 Å². The van der Waals surface area contributed by atoms with E-state index in [1.807, 2.05) is 0 Å². The van der Waals surface area contributed by atoms with Gasteiger partial charge in [0, 0.05) is 23.7 Å². The number of rotatable bonds is 8. The fourth-order valence-electron chi connectivity index (χ4n) is 2.32. The van der Waals surface area contributed by atoms with Gasteiger partial charge < -0.3 is 19.5 Å². The first-order valence-corrected chi connectivity index (χ1v) is 7.74. The van der Waals surface area contributed by atoms with Gasteiger partial charge in [0.2, 0.25) is 5.91 Å².